The molecule has 86 valence electrons. The van der Waals surface area contributed by atoms with Crippen molar-refractivity contribution in [2.24, 2.45) is 0 Å². The average molecular weight is 240 g/mol. The zero-order valence-electron chi connectivity index (χ0n) is 8.21. The van der Waals surface area contributed by atoms with E-state index in [0.717, 1.165) is 6.42 Å². The van der Waals surface area contributed by atoms with E-state index in [1.54, 1.807) is 0 Å². The molecule has 0 radical (unpaired) electrons. The molecule has 0 aromatic heterocycles. The number of thiol groups is 2. The van der Waals surface area contributed by atoms with Gasteiger partial charge in [-0.15, -0.1) is 0 Å². The first-order valence-corrected chi connectivity index (χ1v) is 6.02. The molecule has 0 bridgehead atoms. The summed E-state index contributed by atoms with van der Waals surface area (Å²) in [5.41, 5.74) is 0. The lowest BCUT2D eigenvalue weighted by Gasteiger charge is -2.19. The molecule has 5 heteroatoms. The van der Waals surface area contributed by atoms with Crippen LogP contribution in [0.3, 0.4) is 0 Å². The summed E-state index contributed by atoms with van der Waals surface area (Å²) in [6.07, 6.45) is 0.925. The Morgan fingerprint density at radius 2 is 1.71 bits per heavy atom. The highest BCUT2D eigenvalue weighted by Crippen LogP contribution is 2.13. The highest BCUT2D eigenvalue weighted by Gasteiger charge is 2.18. The SMILES string of the molecule is OCCCCC(O)C(O)CC(S)CS. The molecule has 3 unspecified atom stereocenters. The average Bonchev–Trinajstić information content (AvgIpc) is 2.17. The van der Waals surface area contributed by atoms with Gasteiger partial charge < -0.3 is 15.3 Å². The van der Waals surface area contributed by atoms with E-state index in [0.29, 0.717) is 25.0 Å². The molecule has 0 saturated heterocycles. The van der Waals surface area contributed by atoms with E-state index in [-0.39, 0.29) is 11.9 Å². The second kappa shape index (κ2) is 8.85. The summed E-state index contributed by atoms with van der Waals surface area (Å²) < 4.78 is 0. The van der Waals surface area contributed by atoms with Gasteiger partial charge in [-0.05, 0) is 25.7 Å². The van der Waals surface area contributed by atoms with E-state index in [2.05, 4.69) is 25.3 Å². The fourth-order valence-electron chi connectivity index (χ4n) is 1.17. The number of hydrogen-bond acceptors (Lipinski definition) is 5. The molecule has 3 atom stereocenters. The van der Waals surface area contributed by atoms with Gasteiger partial charge in [-0.2, -0.15) is 25.3 Å². The van der Waals surface area contributed by atoms with Gasteiger partial charge in [-0.1, -0.05) is 0 Å². The van der Waals surface area contributed by atoms with Crippen LogP contribution >= 0.6 is 25.3 Å². The molecule has 3 N–H and O–H groups in total. The Balaban J connectivity index is 3.58. The van der Waals surface area contributed by atoms with E-state index in [4.69, 9.17) is 5.11 Å². The molecule has 0 aliphatic carbocycles. The van der Waals surface area contributed by atoms with Crippen molar-refractivity contribution in [3.05, 3.63) is 0 Å². The zero-order valence-corrected chi connectivity index (χ0v) is 10.00. The first kappa shape index (κ1) is 14.6. The normalized spacial score (nSPS) is 17.8. The summed E-state index contributed by atoms with van der Waals surface area (Å²) in [6, 6.07) is 0. The van der Waals surface area contributed by atoms with Crippen LogP contribution in [0.15, 0.2) is 0 Å². The van der Waals surface area contributed by atoms with E-state index < -0.39 is 12.2 Å². The van der Waals surface area contributed by atoms with Crippen LogP contribution in [0.2, 0.25) is 0 Å². The van der Waals surface area contributed by atoms with Crippen LogP contribution in [0.4, 0.5) is 0 Å². The summed E-state index contributed by atoms with van der Waals surface area (Å²) in [5, 5.41) is 27.6. The Labute approximate surface area is 96.4 Å². The maximum atomic E-state index is 9.52. The van der Waals surface area contributed by atoms with Gasteiger partial charge in [0.05, 0.1) is 12.2 Å². The fraction of sp³-hybridized carbons (Fsp3) is 1.00. The van der Waals surface area contributed by atoms with Crippen LogP contribution in [-0.4, -0.2) is 45.1 Å². The van der Waals surface area contributed by atoms with Crippen molar-refractivity contribution in [2.45, 2.75) is 43.1 Å². The highest BCUT2D eigenvalue weighted by molar-refractivity contribution is 7.84. The molecule has 0 aromatic rings. The van der Waals surface area contributed by atoms with Gasteiger partial charge in [0.15, 0.2) is 0 Å². The third-order valence-corrected chi connectivity index (χ3v) is 3.20. The molecular formula is C9H20O3S2. The molecule has 0 spiro atoms. The molecule has 0 amide bonds. The van der Waals surface area contributed by atoms with Gasteiger partial charge in [0.1, 0.15) is 0 Å². The quantitative estimate of drug-likeness (QED) is 0.317. The van der Waals surface area contributed by atoms with E-state index in [9.17, 15) is 10.2 Å². The van der Waals surface area contributed by atoms with Crippen molar-refractivity contribution in [1.29, 1.82) is 0 Å². The number of aliphatic hydroxyl groups is 3. The Bertz CT molecular complexity index is 135. The molecule has 0 aliphatic rings. The lowest BCUT2D eigenvalue weighted by atomic mass is 10.0. The Hall–Kier alpha value is 0.580. The summed E-state index contributed by atoms with van der Waals surface area (Å²) in [4.78, 5) is 0. The fourth-order valence-corrected chi connectivity index (χ4v) is 1.53. The van der Waals surface area contributed by atoms with Gasteiger partial charge in [-0.25, -0.2) is 0 Å². The van der Waals surface area contributed by atoms with Crippen molar-refractivity contribution in [3.8, 4) is 0 Å². The second-order valence-electron chi connectivity index (χ2n) is 3.43. The molecule has 0 rings (SSSR count). The molecule has 0 heterocycles. The highest BCUT2D eigenvalue weighted by atomic mass is 32.1. The minimum Gasteiger partial charge on any atom is -0.396 e. The van der Waals surface area contributed by atoms with E-state index in [1.807, 2.05) is 0 Å². The minimum atomic E-state index is -0.733. The predicted molar refractivity (Wildman–Crippen MR) is 64.2 cm³/mol. The lowest BCUT2D eigenvalue weighted by Crippen LogP contribution is -2.29. The van der Waals surface area contributed by atoms with Crippen molar-refractivity contribution in [3.63, 3.8) is 0 Å². The van der Waals surface area contributed by atoms with Crippen molar-refractivity contribution in [1.82, 2.24) is 0 Å². The van der Waals surface area contributed by atoms with Gasteiger partial charge in [0, 0.05) is 17.6 Å². The topological polar surface area (TPSA) is 60.7 Å². The number of rotatable bonds is 8. The first-order chi connectivity index (χ1) is 6.61. The van der Waals surface area contributed by atoms with Crippen LogP contribution in [0.1, 0.15) is 25.7 Å². The van der Waals surface area contributed by atoms with Crippen LogP contribution in [0.25, 0.3) is 0 Å². The predicted octanol–water partition coefficient (Wildman–Crippen LogP) is 0.489. The molecule has 0 fully saturated rings. The summed E-state index contributed by atoms with van der Waals surface area (Å²) in [6.45, 7) is 0.134. The van der Waals surface area contributed by atoms with Crippen molar-refractivity contribution < 1.29 is 15.3 Å². The maximum absolute atomic E-state index is 9.52. The molecule has 0 saturated carbocycles. The summed E-state index contributed by atoms with van der Waals surface area (Å²) in [5.74, 6) is 0.587. The Morgan fingerprint density at radius 1 is 1.07 bits per heavy atom. The van der Waals surface area contributed by atoms with E-state index in [1.165, 1.54) is 0 Å². The summed E-state index contributed by atoms with van der Waals surface area (Å²) in [7, 11) is 0. The number of unbranched alkanes of at least 4 members (excludes halogenated alkanes) is 1. The van der Waals surface area contributed by atoms with Crippen LogP contribution in [-0.2, 0) is 0 Å². The smallest absolute Gasteiger partial charge is 0.0809 e. The monoisotopic (exact) mass is 240 g/mol. The molecular weight excluding hydrogens is 220 g/mol. The van der Waals surface area contributed by atoms with E-state index >= 15 is 0 Å². The van der Waals surface area contributed by atoms with Gasteiger partial charge >= 0.3 is 0 Å². The largest absolute Gasteiger partial charge is 0.396 e. The van der Waals surface area contributed by atoms with Gasteiger partial charge in [0.25, 0.3) is 0 Å². The second-order valence-corrected chi connectivity index (χ2v) is 4.52. The number of aliphatic hydroxyl groups excluding tert-OH is 3. The van der Waals surface area contributed by atoms with Crippen LogP contribution < -0.4 is 0 Å². The molecule has 0 aromatic carbocycles. The van der Waals surface area contributed by atoms with Crippen molar-refractivity contribution in [2.75, 3.05) is 12.4 Å². The molecule has 14 heavy (non-hydrogen) atoms. The summed E-state index contributed by atoms with van der Waals surface area (Å²) >= 11 is 8.23. The Morgan fingerprint density at radius 3 is 2.21 bits per heavy atom. The zero-order chi connectivity index (χ0) is 11.0. The lowest BCUT2D eigenvalue weighted by molar-refractivity contribution is 0.00873. The minimum absolute atomic E-state index is 0.0147. The van der Waals surface area contributed by atoms with Crippen molar-refractivity contribution >= 4 is 25.3 Å². The molecule has 3 nitrogen and oxygen atoms in total. The standard InChI is InChI=1S/C9H20O3S2/c10-4-2-1-3-8(11)9(12)5-7(14)6-13/h7-14H,1-6H2. The van der Waals surface area contributed by atoms with Crippen LogP contribution in [0.5, 0.6) is 0 Å². The maximum Gasteiger partial charge on any atom is 0.0809 e. The van der Waals surface area contributed by atoms with Gasteiger partial charge in [-0.3, -0.25) is 0 Å². The number of hydrogen-bond donors (Lipinski definition) is 5. The Kier molecular flexibility index (Phi) is 9.22. The van der Waals surface area contributed by atoms with Crippen LogP contribution in [0, 0.1) is 0 Å². The van der Waals surface area contributed by atoms with Gasteiger partial charge in [0.2, 0.25) is 0 Å². The third-order valence-electron chi connectivity index (χ3n) is 2.08. The molecule has 0 aliphatic heterocycles. The third kappa shape index (κ3) is 6.95. The first-order valence-electron chi connectivity index (χ1n) is 4.87.